The van der Waals surface area contributed by atoms with Gasteiger partial charge in [0.05, 0.1) is 24.2 Å². The van der Waals surface area contributed by atoms with Crippen molar-refractivity contribution >= 4 is 21.4 Å². The predicted molar refractivity (Wildman–Crippen MR) is 116 cm³/mol. The normalized spacial score (nSPS) is 14.6. The first-order valence-electron chi connectivity index (χ1n) is 9.50. The highest BCUT2D eigenvalue weighted by atomic mass is 32.2. The number of rotatable bonds is 4. The van der Waals surface area contributed by atoms with Crippen LogP contribution in [0.15, 0.2) is 41.3 Å². The van der Waals surface area contributed by atoms with E-state index >= 15 is 0 Å². The van der Waals surface area contributed by atoms with E-state index in [4.69, 9.17) is 9.72 Å². The molecule has 1 aliphatic rings. The molecule has 0 N–H and O–H groups in total. The summed E-state index contributed by atoms with van der Waals surface area (Å²) >= 11 is 1.57. The quantitative estimate of drug-likeness (QED) is 0.614. The molecule has 0 amide bonds. The molecule has 7 heteroatoms. The highest BCUT2D eigenvalue weighted by Crippen LogP contribution is 2.34. The maximum Gasteiger partial charge on any atom is 0.243 e. The zero-order valence-electron chi connectivity index (χ0n) is 17.0. The van der Waals surface area contributed by atoms with Gasteiger partial charge in [-0.3, -0.25) is 0 Å². The minimum atomic E-state index is -3.54. The van der Waals surface area contributed by atoms with Gasteiger partial charge in [-0.25, -0.2) is 13.4 Å². The fourth-order valence-corrected chi connectivity index (χ4v) is 6.50. The molecule has 0 atom stereocenters. The number of benzene rings is 2. The molecule has 0 aliphatic carbocycles. The van der Waals surface area contributed by atoms with E-state index in [0.29, 0.717) is 24.4 Å². The number of nitrogens with zero attached hydrogens (tertiary/aromatic N) is 2. The fourth-order valence-electron chi connectivity index (χ4n) is 3.59. The van der Waals surface area contributed by atoms with Crippen molar-refractivity contribution in [1.29, 1.82) is 0 Å². The van der Waals surface area contributed by atoms with Crippen molar-refractivity contribution in [1.82, 2.24) is 9.29 Å². The molecular formula is C22H24N2O3S2. The summed E-state index contributed by atoms with van der Waals surface area (Å²) in [5.74, 6) is 0.802. The lowest BCUT2D eigenvalue weighted by Crippen LogP contribution is -2.35. The Morgan fingerprint density at radius 2 is 1.72 bits per heavy atom. The molecule has 4 rings (SSSR count). The van der Waals surface area contributed by atoms with Gasteiger partial charge in [0.25, 0.3) is 0 Å². The third kappa shape index (κ3) is 3.70. The number of fused-ring (bicyclic) bond motifs is 1. The summed E-state index contributed by atoms with van der Waals surface area (Å²) in [6.45, 7) is 6.64. The molecule has 1 aromatic heterocycles. The number of hydrogen-bond acceptors (Lipinski definition) is 5. The summed E-state index contributed by atoms with van der Waals surface area (Å²) in [5.41, 5.74) is 4.91. The Morgan fingerprint density at radius 3 is 2.41 bits per heavy atom. The first kappa shape index (κ1) is 20.1. The van der Waals surface area contributed by atoms with Crippen molar-refractivity contribution in [3.63, 3.8) is 0 Å². The predicted octanol–water partition coefficient (Wildman–Crippen LogP) is 4.49. The maximum absolute atomic E-state index is 13.3. The topological polar surface area (TPSA) is 59.5 Å². The summed E-state index contributed by atoms with van der Waals surface area (Å²) in [5, 5.41) is 0.916. The molecule has 0 saturated heterocycles. The van der Waals surface area contributed by atoms with Gasteiger partial charge in [-0.15, -0.1) is 11.3 Å². The van der Waals surface area contributed by atoms with E-state index in [1.807, 2.05) is 51.1 Å². The highest BCUT2D eigenvalue weighted by molar-refractivity contribution is 7.89. The number of aryl methyl sites for hydroxylation is 3. The van der Waals surface area contributed by atoms with Crippen molar-refractivity contribution < 1.29 is 13.2 Å². The molecule has 5 nitrogen and oxygen atoms in total. The standard InChI is InChI=1S/C22H24N2O3S2/c1-14-11-16(3)21(12-15(14)2)29(25,26)24-10-9-19-20(13-24)28-22(23-19)17-5-7-18(27-4)8-6-17/h5-8,11-12H,9-10,13H2,1-4H3. The van der Waals surface area contributed by atoms with Gasteiger partial charge in [-0.05, 0) is 67.8 Å². The van der Waals surface area contributed by atoms with Crippen LogP contribution in [-0.4, -0.2) is 31.4 Å². The number of hydrogen-bond donors (Lipinski definition) is 0. The van der Waals surface area contributed by atoms with Gasteiger partial charge in [0.15, 0.2) is 0 Å². The number of ether oxygens (including phenoxy) is 1. The summed E-state index contributed by atoms with van der Waals surface area (Å²) in [6, 6.07) is 11.5. The molecule has 3 aromatic rings. The Labute approximate surface area is 176 Å². The van der Waals surface area contributed by atoms with Crippen LogP contribution in [0.1, 0.15) is 27.3 Å². The second-order valence-electron chi connectivity index (χ2n) is 7.41. The average molecular weight is 429 g/mol. The fraction of sp³-hybridized carbons (Fsp3) is 0.318. The zero-order chi connectivity index (χ0) is 20.8. The second-order valence-corrected chi connectivity index (χ2v) is 10.4. The number of sulfonamides is 1. The molecule has 0 saturated carbocycles. The molecule has 1 aliphatic heterocycles. The summed E-state index contributed by atoms with van der Waals surface area (Å²) < 4.78 is 33.5. The summed E-state index contributed by atoms with van der Waals surface area (Å²) in [7, 11) is -1.90. The van der Waals surface area contributed by atoms with Crippen molar-refractivity contribution in [2.45, 2.75) is 38.6 Å². The Balaban J connectivity index is 1.63. The van der Waals surface area contributed by atoms with Gasteiger partial charge in [-0.1, -0.05) is 6.07 Å². The first-order chi connectivity index (χ1) is 13.8. The smallest absolute Gasteiger partial charge is 0.243 e. The Morgan fingerprint density at radius 1 is 1.03 bits per heavy atom. The van der Waals surface area contributed by atoms with E-state index in [1.54, 1.807) is 28.8 Å². The Bertz CT molecular complexity index is 1170. The van der Waals surface area contributed by atoms with Crippen molar-refractivity contribution in [2.75, 3.05) is 13.7 Å². The lowest BCUT2D eigenvalue weighted by Gasteiger charge is -2.26. The second kappa shape index (κ2) is 7.55. The van der Waals surface area contributed by atoms with Crippen LogP contribution in [-0.2, 0) is 23.0 Å². The van der Waals surface area contributed by atoms with Crippen molar-refractivity contribution in [2.24, 2.45) is 0 Å². The van der Waals surface area contributed by atoms with Crippen LogP contribution in [0.25, 0.3) is 10.6 Å². The molecule has 29 heavy (non-hydrogen) atoms. The average Bonchev–Trinajstić information content (AvgIpc) is 3.14. The molecule has 0 fully saturated rings. The van der Waals surface area contributed by atoms with Crippen LogP contribution in [0.5, 0.6) is 5.75 Å². The van der Waals surface area contributed by atoms with Gasteiger partial charge in [0.2, 0.25) is 10.0 Å². The molecule has 0 radical (unpaired) electrons. The van der Waals surface area contributed by atoms with Crippen LogP contribution in [0, 0.1) is 20.8 Å². The highest BCUT2D eigenvalue weighted by Gasteiger charge is 2.31. The van der Waals surface area contributed by atoms with Gasteiger partial charge >= 0.3 is 0 Å². The van der Waals surface area contributed by atoms with Crippen molar-refractivity contribution in [3.8, 4) is 16.3 Å². The summed E-state index contributed by atoms with van der Waals surface area (Å²) in [6.07, 6.45) is 0.630. The first-order valence-corrected chi connectivity index (χ1v) is 11.8. The lowest BCUT2D eigenvalue weighted by molar-refractivity contribution is 0.392. The molecule has 2 aromatic carbocycles. The molecule has 0 spiro atoms. The monoisotopic (exact) mass is 428 g/mol. The van der Waals surface area contributed by atoms with Gasteiger partial charge in [0, 0.05) is 23.4 Å². The van der Waals surface area contributed by atoms with Gasteiger partial charge in [-0.2, -0.15) is 4.31 Å². The molecule has 152 valence electrons. The Hall–Kier alpha value is -2.22. The molecule has 2 heterocycles. The third-order valence-electron chi connectivity index (χ3n) is 5.44. The number of thiazole rings is 1. The number of aromatic nitrogens is 1. The van der Waals surface area contributed by atoms with E-state index in [9.17, 15) is 8.42 Å². The van der Waals surface area contributed by atoms with E-state index in [2.05, 4.69) is 0 Å². The molecule has 0 unspecified atom stereocenters. The maximum atomic E-state index is 13.3. The van der Waals surface area contributed by atoms with E-state index in [1.165, 1.54) is 0 Å². The number of methoxy groups -OCH3 is 1. The van der Waals surface area contributed by atoms with Gasteiger partial charge < -0.3 is 4.74 Å². The molecular weight excluding hydrogens is 404 g/mol. The van der Waals surface area contributed by atoms with Crippen LogP contribution in [0.2, 0.25) is 0 Å². The van der Waals surface area contributed by atoms with Crippen LogP contribution in [0.4, 0.5) is 0 Å². The van der Waals surface area contributed by atoms with Crippen LogP contribution < -0.4 is 4.74 Å². The van der Waals surface area contributed by atoms with Crippen molar-refractivity contribution in [3.05, 3.63) is 63.7 Å². The zero-order valence-corrected chi connectivity index (χ0v) is 18.7. The van der Waals surface area contributed by atoms with Gasteiger partial charge in [0.1, 0.15) is 10.8 Å². The van der Waals surface area contributed by atoms with E-state index in [0.717, 1.165) is 43.6 Å². The lowest BCUT2D eigenvalue weighted by atomic mass is 10.1. The SMILES string of the molecule is COc1ccc(-c2nc3c(s2)CN(S(=O)(=O)c2cc(C)c(C)cc2C)CC3)cc1. The van der Waals surface area contributed by atoms with Crippen LogP contribution >= 0.6 is 11.3 Å². The summed E-state index contributed by atoms with van der Waals surface area (Å²) in [4.78, 5) is 6.19. The van der Waals surface area contributed by atoms with E-state index in [-0.39, 0.29) is 0 Å². The van der Waals surface area contributed by atoms with E-state index < -0.39 is 10.0 Å². The third-order valence-corrected chi connectivity index (χ3v) is 8.56. The minimum Gasteiger partial charge on any atom is -0.497 e. The van der Waals surface area contributed by atoms with Crippen LogP contribution in [0.3, 0.4) is 0 Å². The molecule has 0 bridgehead atoms. The Kier molecular flexibility index (Phi) is 5.23. The minimum absolute atomic E-state index is 0.373. The largest absolute Gasteiger partial charge is 0.497 e.